The second-order valence-electron chi connectivity index (χ2n) is 12.4. The van der Waals surface area contributed by atoms with E-state index in [0.717, 1.165) is 0 Å². The van der Waals surface area contributed by atoms with Crippen LogP contribution in [0.1, 0.15) is 60.8 Å². The van der Waals surface area contributed by atoms with E-state index < -0.39 is 94.7 Å². The Morgan fingerprint density at radius 1 is 1.21 bits per heavy atom. The monoisotopic (exact) mass is 536 g/mol. The molecule has 11 atom stereocenters. The molecule has 0 aromatic rings. The number of esters is 4. The molecule has 11 heteroatoms. The first-order valence-electron chi connectivity index (χ1n) is 13.2. The molecule has 1 spiro atoms. The van der Waals surface area contributed by atoms with Crippen LogP contribution in [-0.4, -0.2) is 70.4 Å². The summed E-state index contributed by atoms with van der Waals surface area (Å²) in [4.78, 5) is 50.4. The van der Waals surface area contributed by atoms with Gasteiger partial charge in [0, 0.05) is 35.7 Å². The van der Waals surface area contributed by atoms with Gasteiger partial charge in [0.2, 0.25) is 6.29 Å². The molecule has 210 valence electrons. The van der Waals surface area contributed by atoms with Crippen molar-refractivity contribution in [1.29, 1.82) is 0 Å². The Balaban J connectivity index is 1.47. The minimum Gasteiger partial charge on any atom is -0.462 e. The number of ether oxygens (including phenoxy) is 5. The van der Waals surface area contributed by atoms with Crippen molar-refractivity contribution < 1.29 is 53.1 Å². The molecule has 2 heterocycles. The number of aliphatic hydroxyl groups is 2. The van der Waals surface area contributed by atoms with Crippen LogP contribution in [0.3, 0.4) is 0 Å². The van der Waals surface area contributed by atoms with Crippen LogP contribution in [0.15, 0.2) is 11.8 Å². The number of aliphatic hydroxyl groups excluding tert-OH is 1. The SMILES string of the molecule is CC(=O)O[C@@H](C)[C@@H](C)C(=O)O[C@@H]1[C@H]2C[C@]34C5=CO[C@H](OC(=O)CC(C)(C)O)[C@H]3C[C@H](O)[C@@H]4[C@@]2(C)C(=O)O[C@@H]51. The van der Waals surface area contributed by atoms with Crippen LogP contribution in [0.25, 0.3) is 0 Å². The first kappa shape index (κ1) is 26.9. The van der Waals surface area contributed by atoms with Gasteiger partial charge in [-0.1, -0.05) is 0 Å². The molecule has 3 aliphatic carbocycles. The molecule has 0 unspecified atom stereocenters. The van der Waals surface area contributed by atoms with Crippen LogP contribution >= 0.6 is 0 Å². The lowest BCUT2D eigenvalue weighted by Crippen LogP contribution is -2.59. The largest absolute Gasteiger partial charge is 0.462 e. The van der Waals surface area contributed by atoms with Crippen molar-refractivity contribution in [2.45, 2.75) is 97.1 Å². The second-order valence-corrected chi connectivity index (χ2v) is 12.4. The van der Waals surface area contributed by atoms with Gasteiger partial charge in [0.15, 0.2) is 6.10 Å². The van der Waals surface area contributed by atoms with Gasteiger partial charge in [0.1, 0.15) is 12.2 Å². The van der Waals surface area contributed by atoms with Crippen LogP contribution in [-0.2, 0) is 42.9 Å². The van der Waals surface area contributed by atoms with Gasteiger partial charge in [-0.05, 0) is 47.5 Å². The molecule has 0 amide bonds. The number of hydrogen-bond donors (Lipinski definition) is 2. The van der Waals surface area contributed by atoms with Gasteiger partial charge in [-0.2, -0.15) is 0 Å². The van der Waals surface area contributed by atoms with Crippen molar-refractivity contribution in [3.8, 4) is 0 Å². The van der Waals surface area contributed by atoms with Gasteiger partial charge < -0.3 is 33.9 Å². The maximum Gasteiger partial charge on any atom is 0.313 e. The van der Waals surface area contributed by atoms with E-state index in [-0.39, 0.29) is 12.8 Å². The van der Waals surface area contributed by atoms with E-state index in [0.29, 0.717) is 12.0 Å². The fourth-order valence-electron chi connectivity index (χ4n) is 7.81. The van der Waals surface area contributed by atoms with Gasteiger partial charge in [-0.15, -0.1) is 0 Å². The molecule has 1 saturated heterocycles. The van der Waals surface area contributed by atoms with Crippen LogP contribution in [0, 0.1) is 34.5 Å². The summed E-state index contributed by atoms with van der Waals surface area (Å²) >= 11 is 0. The van der Waals surface area contributed by atoms with Crippen molar-refractivity contribution in [2.24, 2.45) is 34.5 Å². The zero-order valence-electron chi connectivity index (χ0n) is 22.5. The van der Waals surface area contributed by atoms with Gasteiger partial charge in [-0.3, -0.25) is 19.2 Å². The van der Waals surface area contributed by atoms with Crippen LogP contribution in [0.2, 0.25) is 0 Å². The highest BCUT2D eigenvalue weighted by Gasteiger charge is 2.82. The maximum atomic E-state index is 13.4. The third kappa shape index (κ3) is 3.76. The molecule has 4 fully saturated rings. The summed E-state index contributed by atoms with van der Waals surface area (Å²) in [6.45, 7) is 9.22. The Labute approximate surface area is 220 Å². The zero-order chi connectivity index (χ0) is 27.9. The summed E-state index contributed by atoms with van der Waals surface area (Å²) in [5.41, 5.74) is -2.54. The summed E-state index contributed by atoms with van der Waals surface area (Å²) in [5, 5.41) is 21.3. The molecular formula is C27H36O11. The zero-order valence-corrected chi connectivity index (χ0v) is 22.5. The fraction of sp³-hybridized carbons (Fsp3) is 0.778. The summed E-state index contributed by atoms with van der Waals surface area (Å²) in [6, 6.07) is 0. The van der Waals surface area contributed by atoms with Gasteiger partial charge >= 0.3 is 23.9 Å². The lowest BCUT2D eigenvalue weighted by molar-refractivity contribution is -0.215. The molecule has 0 aromatic carbocycles. The Hall–Kier alpha value is -2.66. The van der Waals surface area contributed by atoms with E-state index in [1.807, 2.05) is 0 Å². The molecule has 5 aliphatic rings. The highest BCUT2D eigenvalue weighted by molar-refractivity contribution is 5.82. The van der Waals surface area contributed by atoms with Crippen LogP contribution in [0.4, 0.5) is 0 Å². The predicted octanol–water partition coefficient (Wildman–Crippen LogP) is 1.38. The highest BCUT2D eigenvalue weighted by Crippen LogP contribution is 2.77. The normalized spacial score (nSPS) is 41.7. The maximum absolute atomic E-state index is 13.4. The van der Waals surface area contributed by atoms with Crippen LogP contribution in [0.5, 0.6) is 0 Å². The van der Waals surface area contributed by atoms with E-state index in [2.05, 4.69) is 0 Å². The number of hydrogen-bond acceptors (Lipinski definition) is 11. The van der Waals surface area contributed by atoms with E-state index in [4.69, 9.17) is 23.7 Å². The quantitative estimate of drug-likeness (QED) is 0.358. The van der Waals surface area contributed by atoms with E-state index in [9.17, 15) is 29.4 Å². The minimum atomic E-state index is -1.26. The molecule has 11 nitrogen and oxygen atoms in total. The van der Waals surface area contributed by atoms with Crippen molar-refractivity contribution in [1.82, 2.24) is 0 Å². The summed E-state index contributed by atoms with van der Waals surface area (Å²) in [6.07, 6.45) is -2.48. The fourth-order valence-corrected chi connectivity index (χ4v) is 7.81. The third-order valence-electron chi connectivity index (χ3n) is 9.45. The standard InChI is InChI=1S/C27H36O11/c1-11(12(2)35-13(3)28)22(31)37-19-15-8-27-14-7-17(29)21(27)26(15,6)24(32)38-20(19)16(27)10-34-23(14)36-18(30)9-25(4,5)33/h10-12,14-15,17,19-21,23,29,33H,7-9H2,1-6H3/t11-,12+,14-,15-,17+,19-,20+,21-,23-,26+,27-/m1/s1. The van der Waals surface area contributed by atoms with E-state index >= 15 is 0 Å². The Bertz CT molecular complexity index is 1090. The predicted molar refractivity (Wildman–Crippen MR) is 126 cm³/mol. The summed E-state index contributed by atoms with van der Waals surface area (Å²) < 4.78 is 28.5. The molecule has 5 rings (SSSR count). The number of fused-ring (bicyclic) bond motifs is 3. The summed E-state index contributed by atoms with van der Waals surface area (Å²) in [5.74, 6) is -4.40. The smallest absolute Gasteiger partial charge is 0.313 e. The molecular weight excluding hydrogens is 500 g/mol. The van der Waals surface area contributed by atoms with Crippen molar-refractivity contribution >= 4 is 23.9 Å². The van der Waals surface area contributed by atoms with E-state index in [1.165, 1.54) is 27.0 Å². The molecule has 0 aromatic heterocycles. The lowest BCUT2D eigenvalue weighted by atomic mass is 9.61. The highest BCUT2D eigenvalue weighted by atomic mass is 16.7. The average Bonchev–Trinajstić information content (AvgIpc) is 3.19. The number of carbonyl (C=O) groups excluding carboxylic acids is 4. The summed E-state index contributed by atoms with van der Waals surface area (Å²) in [7, 11) is 0. The van der Waals surface area contributed by atoms with E-state index in [1.54, 1.807) is 20.8 Å². The molecule has 3 bridgehead atoms. The molecule has 0 radical (unpaired) electrons. The van der Waals surface area contributed by atoms with Crippen LogP contribution < -0.4 is 0 Å². The lowest BCUT2D eigenvalue weighted by Gasteiger charge is -2.51. The second kappa shape index (κ2) is 8.67. The Morgan fingerprint density at radius 3 is 2.53 bits per heavy atom. The first-order valence-corrected chi connectivity index (χ1v) is 13.2. The van der Waals surface area contributed by atoms with Gasteiger partial charge in [0.05, 0.1) is 35.7 Å². The topological polar surface area (TPSA) is 155 Å². The first-order chi connectivity index (χ1) is 17.6. The number of rotatable bonds is 7. The Morgan fingerprint density at radius 2 is 1.89 bits per heavy atom. The Kier molecular flexibility index (Phi) is 6.15. The molecule has 38 heavy (non-hydrogen) atoms. The van der Waals surface area contributed by atoms with Crippen molar-refractivity contribution in [3.05, 3.63) is 11.8 Å². The van der Waals surface area contributed by atoms with Crippen molar-refractivity contribution in [2.75, 3.05) is 0 Å². The van der Waals surface area contributed by atoms with Gasteiger partial charge in [-0.25, -0.2) is 0 Å². The van der Waals surface area contributed by atoms with Gasteiger partial charge in [0.25, 0.3) is 0 Å². The number of carbonyl (C=O) groups is 4. The average molecular weight is 537 g/mol. The minimum absolute atomic E-state index is 0.234. The molecule has 2 N–H and O–H groups in total. The van der Waals surface area contributed by atoms with Crippen molar-refractivity contribution in [3.63, 3.8) is 0 Å². The molecule has 2 aliphatic heterocycles. The third-order valence-corrected chi connectivity index (χ3v) is 9.45. The molecule has 3 saturated carbocycles.